The summed E-state index contributed by atoms with van der Waals surface area (Å²) < 4.78 is 13.1. The minimum absolute atomic E-state index is 0.151. The van der Waals surface area contributed by atoms with Gasteiger partial charge in [0, 0.05) is 24.8 Å². The molecule has 0 fully saturated rings. The molecule has 1 atom stereocenters. The fourth-order valence-corrected chi connectivity index (χ4v) is 2.01. The number of fused-ring (bicyclic) bond motifs is 1. The lowest BCUT2D eigenvalue weighted by atomic mass is 10.1. The van der Waals surface area contributed by atoms with E-state index in [-0.39, 0.29) is 11.9 Å². The highest BCUT2D eigenvalue weighted by Gasteiger charge is 2.19. The first-order valence-corrected chi connectivity index (χ1v) is 5.46. The highest BCUT2D eigenvalue weighted by atomic mass is 19.1. The molecule has 0 saturated carbocycles. The Balaban J connectivity index is 2.10. The van der Waals surface area contributed by atoms with Crippen LogP contribution in [0.4, 0.5) is 10.1 Å². The van der Waals surface area contributed by atoms with E-state index >= 15 is 0 Å². The van der Waals surface area contributed by atoms with Gasteiger partial charge in [0.15, 0.2) is 0 Å². The lowest BCUT2D eigenvalue weighted by Crippen LogP contribution is -2.27. The molecule has 82 valence electrons. The van der Waals surface area contributed by atoms with E-state index in [2.05, 4.69) is 4.90 Å². The van der Waals surface area contributed by atoms with Gasteiger partial charge in [-0.3, -0.25) is 0 Å². The van der Waals surface area contributed by atoms with Crippen molar-refractivity contribution in [3.8, 4) is 0 Å². The molecule has 15 heavy (non-hydrogen) atoms. The zero-order chi connectivity index (χ0) is 10.8. The predicted octanol–water partition coefficient (Wildman–Crippen LogP) is 1.93. The van der Waals surface area contributed by atoms with Gasteiger partial charge in [0.05, 0.1) is 0 Å². The van der Waals surface area contributed by atoms with E-state index in [1.165, 1.54) is 11.6 Å². The van der Waals surface area contributed by atoms with Crippen LogP contribution in [0.15, 0.2) is 18.2 Å². The zero-order valence-electron chi connectivity index (χ0n) is 9.04. The third-order valence-corrected chi connectivity index (χ3v) is 2.89. The van der Waals surface area contributed by atoms with E-state index in [9.17, 15) is 4.39 Å². The molecule has 0 amide bonds. The molecule has 1 aliphatic rings. The number of hydrogen-bond acceptors (Lipinski definition) is 2. The number of anilines is 1. The van der Waals surface area contributed by atoms with Crippen LogP contribution in [0.3, 0.4) is 0 Å². The summed E-state index contributed by atoms with van der Waals surface area (Å²) in [5.74, 6) is -0.151. The van der Waals surface area contributed by atoms with Crippen molar-refractivity contribution in [2.24, 2.45) is 5.73 Å². The largest absolute Gasteiger partial charge is 0.371 e. The van der Waals surface area contributed by atoms with E-state index in [0.717, 1.165) is 31.6 Å². The smallest absolute Gasteiger partial charge is 0.125 e. The number of benzene rings is 1. The maximum absolute atomic E-state index is 13.1. The second-order valence-electron chi connectivity index (χ2n) is 4.28. The summed E-state index contributed by atoms with van der Waals surface area (Å²) in [6, 6.07) is 5.26. The maximum atomic E-state index is 13.1. The molecule has 0 aliphatic carbocycles. The first kappa shape index (κ1) is 10.4. The van der Waals surface area contributed by atoms with E-state index in [4.69, 9.17) is 5.73 Å². The van der Waals surface area contributed by atoms with Gasteiger partial charge in [-0.2, -0.15) is 0 Å². The Morgan fingerprint density at radius 3 is 3.07 bits per heavy atom. The van der Waals surface area contributed by atoms with Gasteiger partial charge in [-0.15, -0.1) is 0 Å². The summed E-state index contributed by atoms with van der Waals surface area (Å²) in [5, 5.41) is 0. The van der Waals surface area contributed by atoms with Gasteiger partial charge in [0.1, 0.15) is 5.82 Å². The van der Waals surface area contributed by atoms with Crippen LogP contribution in [0.5, 0.6) is 0 Å². The fourth-order valence-electron chi connectivity index (χ4n) is 2.01. The van der Waals surface area contributed by atoms with Crippen molar-refractivity contribution in [1.29, 1.82) is 0 Å². The standard InChI is InChI=1S/C12H17FN2/c1-9(14)4-6-15-7-5-10-2-3-11(13)8-12(10)15/h2-3,8-9H,4-7,14H2,1H3. The van der Waals surface area contributed by atoms with Crippen LogP contribution in [0, 0.1) is 5.82 Å². The van der Waals surface area contributed by atoms with Gasteiger partial charge < -0.3 is 10.6 Å². The molecule has 3 heteroatoms. The first-order chi connectivity index (χ1) is 7.16. The second-order valence-corrected chi connectivity index (χ2v) is 4.28. The molecule has 2 rings (SSSR count). The Bertz CT molecular complexity index is 349. The molecule has 0 bridgehead atoms. The van der Waals surface area contributed by atoms with Crippen LogP contribution in [-0.4, -0.2) is 19.1 Å². The minimum atomic E-state index is -0.151. The molecule has 2 N–H and O–H groups in total. The van der Waals surface area contributed by atoms with Crippen molar-refractivity contribution in [2.75, 3.05) is 18.0 Å². The van der Waals surface area contributed by atoms with Crippen LogP contribution >= 0.6 is 0 Å². The van der Waals surface area contributed by atoms with Crippen LogP contribution in [-0.2, 0) is 6.42 Å². The second kappa shape index (κ2) is 4.19. The molecule has 0 radical (unpaired) electrons. The summed E-state index contributed by atoms with van der Waals surface area (Å²) >= 11 is 0. The molecule has 1 unspecified atom stereocenters. The molecule has 1 heterocycles. The Hall–Kier alpha value is -1.09. The van der Waals surface area contributed by atoms with Crippen LogP contribution < -0.4 is 10.6 Å². The number of nitrogens with two attached hydrogens (primary N) is 1. The maximum Gasteiger partial charge on any atom is 0.125 e. The van der Waals surface area contributed by atoms with E-state index in [0.29, 0.717) is 0 Å². The quantitative estimate of drug-likeness (QED) is 0.822. The molecule has 1 aromatic rings. The first-order valence-electron chi connectivity index (χ1n) is 5.46. The van der Waals surface area contributed by atoms with E-state index in [1.807, 2.05) is 13.0 Å². The van der Waals surface area contributed by atoms with Gasteiger partial charge >= 0.3 is 0 Å². The average Bonchev–Trinajstić information content (AvgIpc) is 2.57. The van der Waals surface area contributed by atoms with Crippen molar-refractivity contribution in [3.63, 3.8) is 0 Å². The van der Waals surface area contributed by atoms with Crippen molar-refractivity contribution >= 4 is 5.69 Å². The van der Waals surface area contributed by atoms with Crippen LogP contribution in [0.2, 0.25) is 0 Å². The topological polar surface area (TPSA) is 29.3 Å². The monoisotopic (exact) mass is 208 g/mol. The van der Waals surface area contributed by atoms with E-state index in [1.54, 1.807) is 6.07 Å². The molecular weight excluding hydrogens is 191 g/mol. The summed E-state index contributed by atoms with van der Waals surface area (Å²) in [7, 11) is 0. The van der Waals surface area contributed by atoms with Gasteiger partial charge in [0.2, 0.25) is 0 Å². The molecule has 2 nitrogen and oxygen atoms in total. The van der Waals surface area contributed by atoms with Crippen molar-refractivity contribution in [1.82, 2.24) is 0 Å². The summed E-state index contributed by atoms with van der Waals surface area (Å²) in [5.41, 5.74) is 8.02. The lowest BCUT2D eigenvalue weighted by Gasteiger charge is -2.20. The van der Waals surface area contributed by atoms with Crippen molar-refractivity contribution < 1.29 is 4.39 Å². The molecular formula is C12H17FN2. The normalized spacial score (nSPS) is 16.6. The zero-order valence-corrected chi connectivity index (χ0v) is 9.04. The lowest BCUT2D eigenvalue weighted by molar-refractivity contribution is 0.624. The van der Waals surface area contributed by atoms with Crippen molar-refractivity contribution in [3.05, 3.63) is 29.6 Å². The SMILES string of the molecule is CC(N)CCN1CCc2ccc(F)cc21. The van der Waals surface area contributed by atoms with Gasteiger partial charge in [-0.1, -0.05) is 6.07 Å². The van der Waals surface area contributed by atoms with E-state index < -0.39 is 0 Å². The Kier molecular flexibility index (Phi) is 2.91. The average molecular weight is 208 g/mol. The molecule has 0 saturated heterocycles. The third-order valence-electron chi connectivity index (χ3n) is 2.89. The fraction of sp³-hybridized carbons (Fsp3) is 0.500. The van der Waals surface area contributed by atoms with Crippen molar-refractivity contribution in [2.45, 2.75) is 25.8 Å². The summed E-state index contributed by atoms with van der Waals surface area (Å²) in [6.07, 6.45) is 1.98. The number of halogens is 1. The molecule has 1 aliphatic heterocycles. The minimum Gasteiger partial charge on any atom is -0.371 e. The van der Waals surface area contributed by atoms with Gasteiger partial charge in [-0.25, -0.2) is 4.39 Å². The highest BCUT2D eigenvalue weighted by Crippen LogP contribution is 2.28. The Morgan fingerprint density at radius 2 is 2.33 bits per heavy atom. The summed E-state index contributed by atoms with van der Waals surface area (Å²) in [6.45, 7) is 3.92. The molecule has 0 aromatic heterocycles. The Labute approximate surface area is 89.9 Å². The summed E-state index contributed by atoms with van der Waals surface area (Å²) in [4.78, 5) is 2.22. The molecule has 0 spiro atoms. The highest BCUT2D eigenvalue weighted by molar-refractivity contribution is 5.58. The predicted molar refractivity (Wildman–Crippen MR) is 60.6 cm³/mol. The number of nitrogens with zero attached hydrogens (tertiary/aromatic N) is 1. The van der Waals surface area contributed by atoms with Crippen LogP contribution in [0.25, 0.3) is 0 Å². The third kappa shape index (κ3) is 2.29. The van der Waals surface area contributed by atoms with Gasteiger partial charge in [-0.05, 0) is 37.5 Å². The van der Waals surface area contributed by atoms with Crippen LogP contribution in [0.1, 0.15) is 18.9 Å². The Morgan fingerprint density at radius 1 is 1.53 bits per heavy atom. The number of hydrogen-bond donors (Lipinski definition) is 1. The number of rotatable bonds is 3. The molecule has 1 aromatic carbocycles. The van der Waals surface area contributed by atoms with Gasteiger partial charge in [0.25, 0.3) is 0 Å².